The fraction of sp³-hybridized carbons (Fsp3) is 0. The number of nitrogens with zero attached hydrogens (tertiary/aromatic N) is 4. The minimum Gasteiger partial charge on any atom is -0.454 e. The molecule has 0 bridgehead atoms. The molecule has 0 aliphatic rings. The first kappa shape index (κ1) is 35.5. The summed E-state index contributed by atoms with van der Waals surface area (Å²) >= 11 is 0. The van der Waals surface area contributed by atoms with Crippen molar-refractivity contribution < 1.29 is 4.42 Å². The Morgan fingerprint density at radius 3 is 1.52 bits per heavy atom. The van der Waals surface area contributed by atoms with E-state index in [1.807, 2.05) is 60.7 Å². The lowest BCUT2D eigenvalue weighted by atomic mass is 9.93. The Hall–Kier alpha value is -8.41. The summed E-state index contributed by atoms with van der Waals surface area (Å²) in [5.74, 6) is 1.86. The predicted molar refractivity (Wildman–Crippen MR) is 254 cm³/mol. The van der Waals surface area contributed by atoms with Gasteiger partial charge in [0.15, 0.2) is 23.1 Å². The van der Waals surface area contributed by atoms with Gasteiger partial charge in [0.25, 0.3) is 0 Å². The summed E-state index contributed by atoms with van der Waals surface area (Å²) in [4.78, 5) is 15.1. The highest BCUT2D eigenvalue weighted by atomic mass is 16.3. The third-order valence-electron chi connectivity index (χ3n) is 11.8. The van der Waals surface area contributed by atoms with Gasteiger partial charge in [-0.3, -0.25) is 0 Å². The monoisotopic (exact) mass is 792 g/mol. The molecule has 3 aromatic heterocycles. The van der Waals surface area contributed by atoms with Crippen LogP contribution in [0.15, 0.2) is 223 Å². The van der Waals surface area contributed by atoms with Crippen LogP contribution in [0.3, 0.4) is 0 Å². The minimum absolute atomic E-state index is 0.608. The van der Waals surface area contributed by atoms with Gasteiger partial charge in [0.05, 0.1) is 16.7 Å². The largest absolute Gasteiger partial charge is 0.454 e. The van der Waals surface area contributed by atoms with Gasteiger partial charge >= 0.3 is 0 Å². The van der Waals surface area contributed by atoms with Crippen molar-refractivity contribution >= 4 is 43.7 Å². The molecule has 3 heterocycles. The van der Waals surface area contributed by atoms with Crippen LogP contribution in [0.1, 0.15) is 0 Å². The molecule has 12 aromatic rings. The molecule has 0 aliphatic carbocycles. The molecule has 0 N–H and O–H groups in total. The molecule has 5 nitrogen and oxygen atoms in total. The number of aromatic nitrogens is 4. The van der Waals surface area contributed by atoms with Gasteiger partial charge in [-0.25, -0.2) is 15.0 Å². The van der Waals surface area contributed by atoms with Crippen molar-refractivity contribution in [1.29, 1.82) is 0 Å². The van der Waals surface area contributed by atoms with Crippen molar-refractivity contribution in [1.82, 2.24) is 19.5 Å². The van der Waals surface area contributed by atoms with Gasteiger partial charge in [0.1, 0.15) is 5.58 Å². The maximum Gasteiger partial charge on any atom is 0.164 e. The first-order chi connectivity index (χ1) is 30.7. The van der Waals surface area contributed by atoms with E-state index in [-0.39, 0.29) is 0 Å². The number of para-hydroxylation sites is 2. The van der Waals surface area contributed by atoms with Gasteiger partial charge in [-0.2, -0.15) is 0 Å². The Morgan fingerprint density at radius 2 is 0.839 bits per heavy atom. The highest BCUT2D eigenvalue weighted by Gasteiger charge is 2.22. The highest BCUT2D eigenvalue weighted by Crippen LogP contribution is 2.44. The maximum atomic E-state index is 7.11. The van der Waals surface area contributed by atoms with Crippen LogP contribution in [0.2, 0.25) is 0 Å². The van der Waals surface area contributed by atoms with E-state index in [9.17, 15) is 0 Å². The first-order valence-electron chi connectivity index (χ1n) is 20.8. The van der Waals surface area contributed by atoms with Crippen LogP contribution in [0.25, 0.3) is 117 Å². The molecular weight excluding hydrogens is 757 g/mol. The molecule has 0 saturated carbocycles. The lowest BCUT2D eigenvalue weighted by Gasteiger charge is -2.12. The third kappa shape index (κ3) is 6.06. The van der Waals surface area contributed by atoms with E-state index < -0.39 is 0 Å². The van der Waals surface area contributed by atoms with E-state index in [0.29, 0.717) is 17.5 Å². The smallest absolute Gasteiger partial charge is 0.164 e. The lowest BCUT2D eigenvalue weighted by molar-refractivity contribution is 0.666. The van der Waals surface area contributed by atoms with Crippen molar-refractivity contribution in [2.45, 2.75) is 0 Å². The average molecular weight is 793 g/mol. The molecule has 0 spiro atoms. The first-order valence-corrected chi connectivity index (χ1v) is 20.8. The van der Waals surface area contributed by atoms with Crippen LogP contribution in [0.4, 0.5) is 0 Å². The number of benzene rings is 9. The number of fused-ring (bicyclic) bond motifs is 6. The van der Waals surface area contributed by atoms with Gasteiger partial charge in [0.2, 0.25) is 0 Å². The van der Waals surface area contributed by atoms with Crippen molar-refractivity contribution in [2.75, 3.05) is 0 Å². The fourth-order valence-electron chi connectivity index (χ4n) is 8.92. The molecule has 9 aromatic carbocycles. The van der Waals surface area contributed by atoms with Crippen LogP contribution in [0.5, 0.6) is 0 Å². The number of rotatable bonds is 7. The summed E-state index contributed by atoms with van der Waals surface area (Å²) < 4.78 is 9.47. The van der Waals surface area contributed by atoms with Gasteiger partial charge in [-0.05, 0) is 75.8 Å². The Labute approximate surface area is 357 Å². The summed E-state index contributed by atoms with van der Waals surface area (Å²) in [6, 6.07) is 76.3. The lowest BCUT2D eigenvalue weighted by Crippen LogP contribution is -2.00. The second kappa shape index (κ2) is 14.7. The van der Waals surface area contributed by atoms with Gasteiger partial charge in [-0.1, -0.05) is 176 Å². The molecule has 0 saturated heterocycles. The minimum atomic E-state index is 0.608. The maximum absolute atomic E-state index is 7.11. The Balaban J connectivity index is 1.07. The quantitative estimate of drug-likeness (QED) is 0.161. The molecule has 0 unspecified atom stereocenters. The zero-order chi connectivity index (χ0) is 41.0. The molecule has 62 heavy (non-hydrogen) atoms. The molecule has 0 atom stereocenters. The average Bonchev–Trinajstić information content (AvgIpc) is 3.90. The van der Waals surface area contributed by atoms with Crippen molar-refractivity contribution in [2.24, 2.45) is 0 Å². The summed E-state index contributed by atoms with van der Waals surface area (Å²) in [6.07, 6.45) is 0. The van der Waals surface area contributed by atoms with Crippen LogP contribution < -0.4 is 0 Å². The van der Waals surface area contributed by atoms with E-state index >= 15 is 0 Å². The van der Waals surface area contributed by atoms with Crippen molar-refractivity contribution in [3.8, 4) is 73.2 Å². The number of hydrogen-bond donors (Lipinski definition) is 0. The molecule has 0 aliphatic heterocycles. The zero-order valence-electron chi connectivity index (χ0n) is 33.5. The third-order valence-corrected chi connectivity index (χ3v) is 11.8. The highest BCUT2D eigenvalue weighted by molar-refractivity contribution is 6.17. The summed E-state index contributed by atoms with van der Waals surface area (Å²) in [6.45, 7) is 0. The van der Waals surface area contributed by atoms with Crippen molar-refractivity contribution in [3.63, 3.8) is 0 Å². The Kier molecular flexibility index (Phi) is 8.42. The molecule has 0 fully saturated rings. The normalized spacial score (nSPS) is 11.5. The van der Waals surface area contributed by atoms with Crippen LogP contribution >= 0.6 is 0 Å². The van der Waals surface area contributed by atoms with Crippen LogP contribution in [0, 0.1) is 0 Å². The molecule has 5 heteroatoms. The molecular formula is C57H36N4O. The van der Waals surface area contributed by atoms with Gasteiger partial charge in [0, 0.05) is 38.2 Å². The van der Waals surface area contributed by atoms with Crippen LogP contribution in [-0.4, -0.2) is 19.5 Å². The number of furan rings is 1. The van der Waals surface area contributed by atoms with E-state index in [1.165, 1.54) is 21.9 Å². The summed E-state index contributed by atoms with van der Waals surface area (Å²) in [5.41, 5.74) is 14.3. The van der Waals surface area contributed by atoms with Crippen molar-refractivity contribution in [3.05, 3.63) is 218 Å². The molecule has 0 amide bonds. The molecule has 0 radical (unpaired) electrons. The van der Waals surface area contributed by atoms with E-state index in [0.717, 1.165) is 77.6 Å². The SMILES string of the molecule is c1ccc(-c2cc(-c3cccc(-c4nc(-c5ccccc5)nc(-c5ccccc5)n4)c3)c3c(c2)oc2c(-n4c5ccccc5c5cc(-c6ccccc6)ccc54)cccc23)cc1. The summed E-state index contributed by atoms with van der Waals surface area (Å²) in [5, 5.41) is 4.49. The van der Waals surface area contributed by atoms with Gasteiger partial charge in [-0.15, -0.1) is 0 Å². The Morgan fingerprint density at radius 1 is 0.323 bits per heavy atom. The summed E-state index contributed by atoms with van der Waals surface area (Å²) in [7, 11) is 0. The zero-order valence-corrected chi connectivity index (χ0v) is 33.5. The second-order valence-electron chi connectivity index (χ2n) is 15.6. The predicted octanol–water partition coefficient (Wildman–Crippen LogP) is 14.9. The number of hydrogen-bond acceptors (Lipinski definition) is 4. The second-order valence-corrected chi connectivity index (χ2v) is 15.6. The fourth-order valence-corrected chi connectivity index (χ4v) is 8.92. The standard InChI is InChI=1S/C57H36N4O/c1-5-17-37(18-6-1)41-31-32-50-48(34-41)45-27-13-14-29-49(45)61(50)51-30-16-28-46-53-47(35-44(36-52(53)62-54(46)51)38-19-7-2-8-20-38)42-25-15-26-43(33-42)57-59-55(39-21-9-3-10-22-39)58-56(60-57)40-23-11-4-12-24-40/h1-36H. The molecule has 290 valence electrons. The molecule has 12 rings (SSSR count). The van der Waals surface area contributed by atoms with Gasteiger partial charge < -0.3 is 8.98 Å². The topological polar surface area (TPSA) is 56.7 Å². The van der Waals surface area contributed by atoms with E-state index in [4.69, 9.17) is 19.4 Å². The van der Waals surface area contributed by atoms with E-state index in [2.05, 4.69) is 162 Å². The Bertz CT molecular complexity index is 3560. The van der Waals surface area contributed by atoms with Crippen LogP contribution in [-0.2, 0) is 0 Å². The van der Waals surface area contributed by atoms with E-state index in [1.54, 1.807) is 0 Å².